The molecule has 11 heavy (non-hydrogen) atoms. The van der Waals surface area contributed by atoms with Crippen molar-refractivity contribution < 1.29 is 0 Å². The van der Waals surface area contributed by atoms with Crippen LogP contribution in [-0.4, -0.2) is 0 Å². The molecule has 0 amide bonds. The standard InChI is InChI=1S/C11H19/c1-3-5-7-9-11-10-8-6-4-2/h5-8,11H,3-4,9-10H2,1-2H3. The molecule has 0 aromatic heterocycles. The van der Waals surface area contributed by atoms with Crippen LogP contribution in [-0.2, 0) is 0 Å². The maximum atomic E-state index is 2.29. The summed E-state index contributed by atoms with van der Waals surface area (Å²) in [5.41, 5.74) is 0. The summed E-state index contributed by atoms with van der Waals surface area (Å²) in [6, 6.07) is 0. The van der Waals surface area contributed by atoms with Crippen LogP contribution >= 0.6 is 0 Å². The van der Waals surface area contributed by atoms with Crippen molar-refractivity contribution in [2.24, 2.45) is 0 Å². The molecule has 0 saturated heterocycles. The van der Waals surface area contributed by atoms with E-state index in [1.165, 1.54) is 0 Å². The van der Waals surface area contributed by atoms with Gasteiger partial charge < -0.3 is 0 Å². The van der Waals surface area contributed by atoms with Crippen LogP contribution in [0, 0.1) is 6.42 Å². The highest BCUT2D eigenvalue weighted by Crippen LogP contribution is 1.97. The van der Waals surface area contributed by atoms with Crippen LogP contribution in [0.25, 0.3) is 0 Å². The summed E-state index contributed by atoms with van der Waals surface area (Å²) >= 11 is 0. The molecule has 0 unspecified atom stereocenters. The molecule has 0 saturated carbocycles. The van der Waals surface area contributed by atoms with Gasteiger partial charge in [0.2, 0.25) is 0 Å². The first kappa shape index (κ1) is 10.5. The van der Waals surface area contributed by atoms with Gasteiger partial charge >= 0.3 is 0 Å². The van der Waals surface area contributed by atoms with Crippen molar-refractivity contribution in [2.75, 3.05) is 0 Å². The molecule has 63 valence electrons. The van der Waals surface area contributed by atoms with Gasteiger partial charge in [0.1, 0.15) is 0 Å². The van der Waals surface area contributed by atoms with Crippen LogP contribution in [0.1, 0.15) is 39.5 Å². The van der Waals surface area contributed by atoms with Gasteiger partial charge in [-0.15, -0.1) is 0 Å². The van der Waals surface area contributed by atoms with Crippen LogP contribution in [0.3, 0.4) is 0 Å². The van der Waals surface area contributed by atoms with E-state index in [0.29, 0.717) is 0 Å². The lowest BCUT2D eigenvalue weighted by molar-refractivity contribution is 1.07. The highest BCUT2D eigenvalue weighted by atomic mass is 13.8. The Hall–Kier alpha value is -0.520. The third kappa shape index (κ3) is 9.48. The summed E-state index contributed by atoms with van der Waals surface area (Å²) in [7, 11) is 0. The third-order valence-corrected chi connectivity index (χ3v) is 1.41. The maximum Gasteiger partial charge on any atom is -0.0311 e. The van der Waals surface area contributed by atoms with E-state index >= 15 is 0 Å². The fraction of sp³-hybridized carbons (Fsp3) is 0.545. The molecule has 0 aliphatic carbocycles. The summed E-state index contributed by atoms with van der Waals surface area (Å²) in [4.78, 5) is 0. The molecule has 0 aliphatic rings. The van der Waals surface area contributed by atoms with Crippen LogP contribution in [0.15, 0.2) is 24.3 Å². The highest BCUT2D eigenvalue weighted by molar-refractivity contribution is 4.91. The number of allylic oxidation sites excluding steroid dienone is 4. The van der Waals surface area contributed by atoms with Crippen LogP contribution in [0.5, 0.6) is 0 Å². The zero-order chi connectivity index (χ0) is 8.36. The molecule has 0 fully saturated rings. The maximum absolute atomic E-state index is 2.29. The zero-order valence-corrected chi connectivity index (χ0v) is 7.72. The minimum absolute atomic E-state index is 1.11. The van der Waals surface area contributed by atoms with Gasteiger partial charge in [-0.05, 0) is 32.1 Å². The number of hydrogen-bond acceptors (Lipinski definition) is 0. The Morgan fingerprint density at radius 3 is 1.55 bits per heavy atom. The first-order valence-corrected chi connectivity index (χ1v) is 4.53. The van der Waals surface area contributed by atoms with Gasteiger partial charge in [0.25, 0.3) is 0 Å². The Bertz CT molecular complexity index is 95.2. The predicted octanol–water partition coefficient (Wildman–Crippen LogP) is 3.90. The lowest BCUT2D eigenvalue weighted by atomic mass is 10.2. The number of rotatable bonds is 6. The van der Waals surface area contributed by atoms with E-state index in [9.17, 15) is 0 Å². The van der Waals surface area contributed by atoms with Crippen LogP contribution < -0.4 is 0 Å². The molecule has 0 heterocycles. The van der Waals surface area contributed by atoms with Crippen molar-refractivity contribution in [1.29, 1.82) is 0 Å². The average molecular weight is 151 g/mol. The lowest BCUT2D eigenvalue weighted by Gasteiger charge is -1.88. The Morgan fingerprint density at radius 1 is 0.727 bits per heavy atom. The second kappa shape index (κ2) is 9.48. The van der Waals surface area contributed by atoms with Crippen molar-refractivity contribution in [3.05, 3.63) is 30.7 Å². The molecule has 0 spiro atoms. The quantitative estimate of drug-likeness (QED) is 0.399. The van der Waals surface area contributed by atoms with Crippen molar-refractivity contribution in [1.82, 2.24) is 0 Å². The van der Waals surface area contributed by atoms with E-state index in [2.05, 4.69) is 44.6 Å². The molecule has 0 heteroatoms. The molecule has 0 bridgehead atoms. The smallest absolute Gasteiger partial charge is 0.0311 e. The van der Waals surface area contributed by atoms with Gasteiger partial charge in [-0.25, -0.2) is 0 Å². The van der Waals surface area contributed by atoms with E-state index in [4.69, 9.17) is 0 Å². The fourth-order valence-electron chi connectivity index (χ4n) is 0.814. The molecule has 0 aromatic carbocycles. The summed E-state index contributed by atoms with van der Waals surface area (Å²) in [5, 5.41) is 0. The van der Waals surface area contributed by atoms with Crippen molar-refractivity contribution in [3.8, 4) is 0 Å². The molecular weight excluding hydrogens is 132 g/mol. The first-order valence-electron chi connectivity index (χ1n) is 4.53. The van der Waals surface area contributed by atoms with E-state index in [0.717, 1.165) is 25.7 Å². The minimum Gasteiger partial charge on any atom is -0.0888 e. The van der Waals surface area contributed by atoms with E-state index in [1.54, 1.807) is 0 Å². The minimum atomic E-state index is 1.11. The molecule has 0 rings (SSSR count). The molecule has 0 aliphatic heterocycles. The Labute approximate surface area is 71.0 Å². The fourth-order valence-corrected chi connectivity index (χ4v) is 0.814. The SMILES string of the molecule is CCC=CC[CH]CC=CCC. The molecule has 0 atom stereocenters. The van der Waals surface area contributed by atoms with Gasteiger partial charge in [0.05, 0.1) is 0 Å². The largest absolute Gasteiger partial charge is 0.0888 e. The van der Waals surface area contributed by atoms with E-state index < -0.39 is 0 Å². The Balaban J connectivity index is 3.02. The van der Waals surface area contributed by atoms with Crippen molar-refractivity contribution in [2.45, 2.75) is 39.5 Å². The lowest BCUT2D eigenvalue weighted by Crippen LogP contribution is -1.70. The Kier molecular flexibility index (Phi) is 9.03. The van der Waals surface area contributed by atoms with Crippen molar-refractivity contribution in [3.63, 3.8) is 0 Å². The van der Waals surface area contributed by atoms with Gasteiger partial charge in [-0.1, -0.05) is 38.2 Å². The van der Waals surface area contributed by atoms with Gasteiger partial charge in [0.15, 0.2) is 0 Å². The molecule has 0 aromatic rings. The summed E-state index contributed by atoms with van der Waals surface area (Å²) < 4.78 is 0. The van der Waals surface area contributed by atoms with Crippen LogP contribution in [0.2, 0.25) is 0 Å². The molecular formula is C11H19. The first-order chi connectivity index (χ1) is 5.41. The second-order valence-electron chi connectivity index (χ2n) is 2.52. The highest BCUT2D eigenvalue weighted by Gasteiger charge is 1.79. The number of hydrogen-bond donors (Lipinski definition) is 0. The summed E-state index contributed by atoms with van der Waals surface area (Å²) in [6.07, 6.45) is 15.7. The van der Waals surface area contributed by atoms with Gasteiger partial charge in [-0.2, -0.15) is 0 Å². The zero-order valence-electron chi connectivity index (χ0n) is 7.72. The van der Waals surface area contributed by atoms with Crippen LogP contribution in [0.4, 0.5) is 0 Å². The monoisotopic (exact) mass is 151 g/mol. The average Bonchev–Trinajstić information content (AvgIpc) is 2.03. The predicted molar refractivity (Wildman–Crippen MR) is 52.4 cm³/mol. The molecule has 0 N–H and O–H groups in total. The summed E-state index contributed by atoms with van der Waals surface area (Å²) in [6.45, 7) is 4.32. The third-order valence-electron chi connectivity index (χ3n) is 1.41. The topological polar surface area (TPSA) is 0 Å². The van der Waals surface area contributed by atoms with Crippen molar-refractivity contribution >= 4 is 0 Å². The van der Waals surface area contributed by atoms with Gasteiger partial charge in [0, 0.05) is 0 Å². The van der Waals surface area contributed by atoms with E-state index in [1.807, 2.05) is 0 Å². The van der Waals surface area contributed by atoms with E-state index in [-0.39, 0.29) is 0 Å². The Morgan fingerprint density at radius 2 is 1.18 bits per heavy atom. The second-order valence-corrected chi connectivity index (χ2v) is 2.52. The number of unbranched alkanes of at least 4 members (excludes halogenated alkanes) is 2. The molecule has 1 radical (unpaired) electrons. The summed E-state index contributed by atoms with van der Waals surface area (Å²) in [5.74, 6) is 0. The van der Waals surface area contributed by atoms with Gasteiger partial charge in [-0.3, -0.25) is 0 Å². The normalized spacial score (nSPS) is 11.8. The molecule has 0 nitrogen and oxygen atoms in total.